The lowest BCUT2D eigenvalue weighted by molar-refractivity contribution is 0.371. The van der Waals surface area contributed by atoms with Crippen LogP contribution in [0, 0.1) is 0 Å². The van der Waals surface area contributed by atoms with Gasteiger partial charge in [0.1, 0.15) is 0 Å². The first kappa shape index (κ1) is 14.8. The number of ether oxygens (including phenoxy) is 1. The van der Waals surface area contributed by atoms with Crippen LogP contribution in [0.5, 0.6) is 11.5 Å². The molecule has 0 aliphatic rings. The van der Waals surface area contributed by atoms with Crippen molar-refractivity contribution >= 4 is 15.9 Å². The lowest BCUT2D eigenvalue weighted by Crippen LogP contribution is -2.19. The molecule has 0 unspecified atom stereocenters. The molecule has 1 aromatic heterocycles. The van der Waals surface area contributed by atoms with Gasteiger partial charge >= 0.3 is 0 Å². The summed E-state index contributed by atoms with van der Waals surface area (Å²) in [7, 11) is 1.54. The van der Waals surface area contributed by atoms with Gasteiger partial charge in [0.25, 0.3) is 0 Å². The van der Waals surface area contributed by atoms with Crippen molar-refractivity contribution in [1.82, 2.24) is 10.3 Å². The lowest BCUT2D eigenvalue weighted by Gasteiger charge is -2.14. The van der Waals surface area contributed by atoms with Gasteiger partial charge in [0, 0.05) is 18.8 Å². The van der Waals surface area contributed by atoms with Crippen molar-refractivity contribution in [1.29, 1.82) is 0 Å². The third-order valence-electron chi connectivity index (χ3n) is 3.05. The zero-order valence-electron chi connectivity index (χ0n) is 11.4. The minimum atomic E-state index is 0.119. The number of hydrogen-bond donors (Lipinski definition) is 2. The van der Waals surface area contributed by atoms with Gasteiger partial charge in [0.2, 0.25) is 0 Å². The number of methoxy groups -OCH3 is 1. The van der Waals surface area contributed by atoms with Crippen molar-refractivity contribution in [2.75, 3.05) is 7.11 Å². The van der Waals surface area contributed by atoms with Gasteiger partial charge in [-0.3, -0.25) is 4.98 Å². The summed E-state index contributed by atoms with van der Waals surface area (Å²) in [5, 5.41) is 13.2. The van der Waals surface area contributed by atoms with Crippen LogP contribution in [0.3, 0.4) is 0 Å². The Hall–Kier alpha value is -1.59. The average molecular weight is 337 g/mol. The molecule has 0 aliphatic heterocycles. The second-order valence-electron chi connectivity index (χ2n) is 4.49. The second-order valence-corrected chi connectivity index (χ2v) is 5.34. The smallest absolute Gasteiger partial charge is 0.172 e. The van der Waals surface area contributed by atoms with Gasteiger partial charge in [0.15, 0.2) is 11.5 Å². The Bertz CT molecular complexity index is 576. The number of aromatic hydroxyl groups is 1. The van der Waals surface area contributed by atoms with Crippen LogP contribution in [0.15, 0.2) is 41.0 Å². The Morgan fingerprint density at radius 1 is 1.40 bits per heavy atom. The van der Waals surface area contributed by atoms with E-state index in [9.17, 15) is 5.11 Å². The molecular weight excluding hydrogens is 320 g/mol. The molecule has 0 bridgehead atoms. The normalized spacial score (nSPS) is 12.2. The van der Waals surface area contributed by atoms with Crippen LogP contribution in [0.2, 0.25) is 0 Å². The van der Waals surface area contributed by atoms with Crippen LogP contribution in [0.1, 0.15) is 24.2 Å². The number of aromatic nitrogens is 1. The predicted molar refractivity (Wildman–Crippen MR) is 81.9 cm³/mol. The Kier molecular flexibility index (Phi) is 4.98. The molecule has 106 valence electrons. The third-order valence-corrected chi connectivity index (χ3v) is 3.66. The van der Waals surface area contributed by atoms with Crippen molar-refractivity contribution in [2.45, 2.75) is 19.5 Å². The zero-order chi connectivity index (χ0) is 14.5. The molecule has 1 atom stereocenters. The summed E-state index contributed by atoms with van der Waals surface area (Å²) in [6.45, 7) is 2.72. The van der Waals surface area contributed by atoms with Crippen molar-refractivity contribution in [2.24, 2.45) is 0 Å². The summed E-state index contributed by atoms with van der Waals surface area (Å²) in [6.07, 6.45) is 1.79. The van der Waals surface area contributed by atoms with Gasteiger partial charge in [-0.05, 0) is 52.7 Å². The molecule has 2 aromatic rings. The standard InChI is InChI=1S/C15H17BrN2O2/c1-10(13-5-3-4-6-17-13)18-9-11-7-12(16)15(19)14(8-11)20-2/h3-8,10,18-19H,9H2,1-2H3/t10-/m0/s1. The summed E-state index contributed by atoms with van der Waals surface area (Å²) >= 11 is 3.32. The highest BCUT2D eigenvalue weighted by atomic mass is 79.9. The van der Waals surface area contributed by atoms with Gasteiger partial charge < -0.3 is 15.2 Å². The monoisotopic (exact) mass is 336 g/mol. The summed E-state index contributed by atoms with van der Waals surface area (Å²) in [5.74, 6) is 0.579. The molecule has 2 N–H and O–H groups in total. The largest absolute Gasteiger partial charge is 0.503 e. The molecule has 0 saturated heterocycles. The lowest BCUT2D eigenvalue weighted by atomic mass is 10.1. The molecule has 0 saturated carbocycles. The van der Waals surface area contributed by atoms with Gasteiger partial charge in [-0.25, -0.2) is 0 Å². The van der Waals surface area contributed by atoms with E-state index in [4.69, 9.17) is 4.74 Å². The van der Waals surface area contributed by atoms with E-state index in [0.29, 0.717) is 16.8 Å². The molecule has 1 aromatic carbocycles. The summed E-state index contributed by atoms with van der Waals surface area (Å²) in [5.41, 5.74) is 2.02. The maximum atomic E-state index is 9.78. The molecule has 0 amide bonds. The van der Waals surface area contributed by atoms with E-state index in [2.05, 4.69) is 33.2 Å². The van der Waals surface area contributed by atoms with Crippen LogP contribution in [0.25, 0.3) is 0 Å². The molecule has 0 fully saturated rings. The summed E-state index contributed by atoms with van der Waals surface area (Å²) in [6, 6.07) is 9.70. The van der Waals surface area contributed by atoms with Crippen LogP contribution < -0.4 is 10.1 Å². The molecule has 0 radical (unpaired) electrons. The molecule has 1 heterocycles. The highest BCUT2D eigenvalue weighted by molar-refractivity contribution is 9.10. The van der Waals surface area contributed by atoms with E-state index >= 15 is 0 Å². The van der Waals surface area contributed by atoms with Crippen LogP contribution in [-0.2, 0) is 6.54 Å². The minimum Gasteiger partial charge on any atom is -0.503 e. The van der Waals surface area contributed by atoms with Gasteiger partial charge in [-0.1, -0.05) is 6.07 Å². The number of nitrogens with one attached hydrogen (secondary N) is 1. The molecule has 4 nitrogen and oxygen atoms in total. The van der Waals surface area contributed by atoms with Crippen LogP contribution in [0.4, 0.5) is 0 Å². The number of phenols is 1. The van der Waals surface area contributed by atoms with Gasteiger partial charge in [-0.15, -0.1) is 0 Å². The first-order chi connectivity index (χ1) is 9.61. The number of nitrogens with zero attached hydrogens (tertiary/aromatic N) is 1. The topological polar surface area (TPSA) is 54.4 Å². The van der Waals surface area contributed by atoms with E-state index in [0.717, 1.165) is 11.3 Å². The molecule has 2 rings (SSSR count). The fourth-order valence-electron chi connectivity index (χ4n) is 1.89. The highest BCUT2D eigenvalue weighted by Crippen LogP contribution is 2.35. The van der Waals surface area contributed by atoms with E-state index in [1.54, 1.807) is 6.20 Å². The number of benzene rings is 1. The van der Waals surface area contributed by atoms with Crippen LogP contribution in [-0.4, -0.2) is 17.2 Å². The fourth-order valence-corrected chi connectivity index (χ4v) is 2.38. The quantitative estimate of drug-likeness (QED) is 0.878. The number of hydrogen-bond acceptors (Lipinski definition) is 4. The minimum absolute atomic E-state index is 0.119. The average Bonchev–Trinajstić information content (AvgIpc) is 2.48. The second kappa shape index (κ2) is 6.72. The van der Waals surface area contributed by atoms with Crippen LogP contribution >= 0.6 is 15.9 Å². The van der Waals surface area contributed by atoms with E-state index in [1.807, 2.05) is 30.3 Å². The predicted octanol–water partition coefficient (Wildman–Crippen LogP) is 3.41. The SMILES string of the molecule is COc1cc(CN[C@@H](C)c2ccccn2)cc(Br)c1O. The maximum absolute atomic E-state index is 9.78. The Labute approximate surface area is 126 Å². The molecule has 20 heavy (non-hydrogen) atoms. The zero-order valence-corrected chi connectivity index (χ0v) is 13.0. The highest BCUT2D eigenvalue weighted by Gasteiger charge is 2.10. The van der Waals surface area contributed by atoms with Crippen molar-refractivity contribution in [3.05, 3.63) is 52.3 Å². The van der Waals surface area contributed by atoms with E-state index < -0.39 is 0 Å². The number of rotatable bonds is 5. The fraction of sp³-hybridized carbons (Fsp3) is 0.267. The Balaban J connectivity index is 2.06. The first-order valence-electron chi connectivity index (χ1n) is 6.31. The van der Waals surface area contributed by atoms with E-state index in [-0.39, 0.29) is 11.8 Å². The van der Waals surface area contributed by atoms with Crippen molar-refractivity contribution in [3.8, 4) is 11.5 Å². The van der Waals surface area contributed by atoms with Crippen molar-refractivity contribution < 1.29 is 9.84 Å². The molecular formula is C15H17BrN2O2. The maximum Gasteiger partial charge on any atom is 0.172 e. The summed E-state index contributed by atoms with van der Waals surface area (Å²) in [4.78, 5) is 4.32. The Morgan fingerprint density at radius 3 is 2.85 bits per heavy atom. The Morgan fingerprint density at radius 2 is 2.20 bits per heavy atom. The third kappa shape index (κ3) is 3.49. The molecule has 0 aliphatic carbocycles. The van der Waals surface area contributed by atoms with Gasteiger partial charge in [0.05, 0.1) is 17.3 Å². The first-order valence-corrected chi connectivity index (χ1v) is 7.10. The summed E-state index contributed by atoms with van der Waals surface area (Å²) < 4.78 is 5.76. The van der Waals surface area contributed by atoms with E-state index in [1.165, 1.54) is 7.11 Å². The van der Waals surface area contributed by atoms with Crippen molar-refractivity contribution in [3.63, 3.8) is 0 Å². The number of halogens is 1. The molecule has 0 spiro atoms. The number of pyridine rings is 1. The number of phenolic OH excluding ortho intramolecular Hbond substituents is 1. The molecule has 5 heteroatoms. The van der Waals surface area contributed by atoms with Gasteiger partial charge in [-0.2, -0.15) is 0 Å².